The predicted molar refractivity (Wildman–Crippen MR) is 105 cm³/mol. The second-order valence-electron chi connectivity index (χ2n) is 7.63. The molecule has 0 unspecified atom stereocenters. The second-order valence-corrected chi connectivity index (χ2v) is 7.63. The Labute approximate surface area is 159 Å². The van der Waals surface area contributed by atoms with E-state index < -0.39 is 0 Å². The van der Waals surface area contributed by atoms with Crippen molar-refractivity contribution in [3.8, 4) is 0 Å². The highest BCUT2D eigenvalue weighted by molar-refractivity contribution is 4.49. The van der Waals surface area contributed by atoms with Gasteiger partial charge in [0.25, 0.3) is 0 Å². The van der Waals surface area contributed by atoms with Gasteiger partial charge in [-0.3, -0.25) is 0 Å². The van der Waals surface area contributed by atoms with Crippen molar-refractivity contribution >= 4 is 0 Å². The van der Waals surface area contributed by atoms with Crippen LogP contribution in [0.5, 0.6) is 0 Å². The van der Waals surface area contributed by atoms with E-state index in [0.29, 0.717) is 0 Å². The molecule has 0 aliphatic rings. The van der Waals surface area contributed by atoms with Crippen molar-refractivity contribution in [2.45, 2.75) is 117 Å². The molecule has 0 amide bonds. The Morgan fingerprint density at radius 2 is 0.708 bits per heavy atom. The van der Waals surface area contributed by atoms with Crippen molar-refractivity contribution < 1.29 is 17.0 Å². The molecule has 0 fully saturated rings. The van der Waals surface area contributed by atoms with Crippen molar-refractivity contribution in [3.05, 3.63) is 0 Å². The summed E-state index contributed by atoms with van der Waals surface area (Å²) in [4.78, 5) is 0. The van der Waals surface area contributed by atoms with Crippen LogP contribution < -0.4 is 18.2 Å². The van der Waals surface area contributed by atoms with Crippen molar-refractivity contribution in [3.63, 3.8) is 0 Å². The highest BCUT2D eigenvalue weighted by Crippen LogP contribution is 2.13. The van der Waals surface area contributed by atoms with Crippen LogP contribution in [0.4, 0.5) is 0 Å². The van der Waals surface area contributed by atoms with Gasteiger partial charge in [-0.05, 0) is 38.5 Å². The summed E-state index contributed by atoms with van der Waals surface area (Å²) in [7, 11) is 0. The normalized spacial score (nSPS) is 11.5. The summed E-state index contributed by atoms with van der Waals surface area (Å²) in [5.41, 5.74) is 0. The van der Waals surface area contributed by atoms with E-state index in [0.717, 1.165) is 4.59 Å². The Hall–Kier alpha value is 0.210. The highest BCUT2D eigenvalue weighted by atomic mass is 35.5. The first-order valence-electron chi connectivity index (χ1n) is 10.8. The van der Waals surface area contributed by atoms with Gasteiger partial charge in [0.05, 0.1) is 19.6 Å². The molecule has 0 heterocycles. The molecule has 0 saturated carbocycles. The minimum absolute atomic E-state index is 0. The Morgan fingerprint density at radius 1 is 0.458 bits per heavy atom. The van der Waals surface area contributed by atoms with E-state index in [1.807, 2.05) is 0 Å². The molecule has 0 radical (unpaired) electrons. The number of hydrogen-bond donors (Lipinski definition) is 1. The third-order valence-corrected chi connectivity index (χ3v) is 5.12. The van der Waals surface area contributed by atoms with Crippen molar-refractivity contribution in [1.82, 2.24) is 0 Å². The Balaban J connectivity index is 0. The molecule has 0 aromatic carbocycles. The summed E-state index contributed by atoms with van der Waals surface area (Å²) in [6, 6.07) is 0. The van der Waals surface area contributed by atoms with Crippen LogP contribution in [-0.2, 0) is 0 Å². The topological polar surface area (TPSA) is 26.0 Å². The first-order valence-corrected chi connectivity index (χ1v) is 10.8. The van der Waals surface area contributed by atoms with Crippen LogP contribution >= 0.6 is 0 Å². The zero-order valence-corrected chi connectivity index (χ0v) is 17.9. The lowest BCUT2D eigenvalue weighted by Crippen LogP contribution is -3.00. The molecule has 0 spiro atoms. The number of rotatable bonds is 18. The molecule has 0 aromatic heterocycles. The van der Waals surface area contributed by atoms with Crippen LogP contribution in [0.15, 0.2) is 0 Å². The van der Waals surface area contributed by atoms with Crippen LogP contribution in [0, 0.1) is 0 Å². The molecule has 0 aromatic rings. The van der Waals surface area contributed by atoms with E-state index >= 15 is 0 Å². The van der Waals surface area contributed by atoms with Crippen LogP contribution in [0.1, 0.15) is 117 Å². The lowest BCUT2D eigenvalue weighted by atomic mass is 10.1. The van der Waals surface area contributed by atoms with Crippen LogP contribution in [0.25, 0.3) is 0 Å². The largest absolute Gasteiger partial charge is 1.00 e. The summed E-state index contributed by atoms with van der Waals surface area (Å²) >= 11 is 0. The summed E-state index contributed by atoms with van der Waals surface area (Å²) < 4.78 is 0.852. The molecule has 3 heteroatoms. The average Bonchev–Trinajstić information content (AvgIpc) is 2.54. The third kappa shape index (κ3) is 17.0. The van der Waals surface area contributed by atoms with Gasteiger partial charge in [0.2, 0.25) is 0 Å². The van der Waals surface area contributed by atoms with Gasteiger partial charge in [0.1, 0.15) is 0 Å². The third-order valence-electron chi connectivity index (χ3n) is 5.12. The molecule has 0 rings (SSSR count). The minimum atomic E-state index is 0. The zero-order valence-electron chi connectivity index (χ0n) is 17.1. The first kappa shape index (κ1) is 26.4. The number of nitrogens with two attached hydrogens (primary N) is 1. The maximum atomic E-state index is 6.78. The lowest BCUT2D eigenvalue weighted by Gasteiger charge is -2.33. The van der Waals surface area contributed by atoms with Crippen LogP contribution in [0.3, 0.4) is 0 Å². The zero-order chi connectivity index (χ0) is 17.2. The standard InChI is InChI=1S/C21H47N2.ClH/c1-4-7-10-13-16-19-23(22,20-17-14-11-8-5-2)21-18-15-12-9-6-3;/h4-22H2,1-3H3;1H/q+1;/p-1. The second kappa shape index (κ2) is 19.5. The summed E-state index contributed by atoms with van der Waals surface area (Å²) in [5.74, 6) is 6.78. The van der Waals surface area contributed by atoms with E-state index in [9.17, 15) is 0 Å². The summed E-state index contributed by atoms with van der Waals surface area (Å²) in [6.45, 7) is 10.5. The van der Waals surface area contributed by atoms with Gasteiger partial charge < -0.3 is 12.4 Å². The van der Waals surface area contributed by atoms with Gasteiger partial charge in [-0.2, -0.15) is 5.84 Å². The fourth-order valence-corrected chi connectivity index (χ4v) is 3.43. The van der Waals surface area contributed by atoms with Crippen molar-refractivity contribution in [1.29, 1.82) is 0 Å². The maximum Gasteiger partial charge on any atom is 0.0960 e. The maximum absolute atomic E-state index is 6.78. The van der Waals surface area contributed by atoms with E-state index in [4.69, 9.17) is 5.84 Å². The molecular formula is C21H47ClN2. The fourth-order valence-electron chi connectivity index (χ4n) is 3.43. The quantitative estimate of drug-likeness (QED) is 0.171. The molecule has 0 atom stereocenters. The van der Waals surface area contributed by atoms with Gasteiger partial charge in [-0.25, -0.2) is 4.59 Å². The van der Waals surface area contributed by atoms with Crippen molar-refractivity contribution in [2.75, 3.05) is 19.6 Å². The minimum Gasteiger partial charge on any atom is -1.00 e. The van der Waals surface area contributed by atoms with Gasteiger partial charge in [0, 0.05) is 0 Å². The monoisotopic (exact) mass is 362 g/mol. The Morgan fingerprint density at radius 3 is 0.958 bits per heavy atom. The number of quaternary nitrogens is 1. The Bertz CT molecular complexity index is 198. The molecule has 0 aliphatic heterocycles. The SMILES string of the molecule is CCCCCCC[N+](N)(CCCCCCC)CCCCCCC.[Cl-]. The van der Waals surface area contributed by atoms with Crippen LogP contribution in [-0.4, -0.2) is 24.2 Å². The van der Waals surface area contributed by atoms with Crippen LogP contribution in [0.2, 0.25) is 0 Å². The van der Waals surface area contributed by atoms with Gasteiger partial charge in [-0.1, -0.05) is 78.6 Å². The van der Waals surface area contributed by atoms with E-state index in [1.165, 1.54) is 116 Å². The lowest BCUT2D eigenvalue weighted by molar-refractivity contribution is -0.940. The summed E-state index contributed by atoms with van der Waals surface area (Å²) in [6.07, 6.45) is 20.4. The molecule has 24 heavy (non-hydrogen) atoms. The number of nitrogens with zero attached hydrogens (tertiary/aromatic N) is 1. The fraction of sp³-hybridized carbons (Fsp3) is 1.00. The first-order chi connectivity index (χ1) is 11.2. The molecule has 2 nitrogen and oxygen atoms in total. The number of hydrogen-bond acceptors (Lipinski definition) is 1. The number of unbranched alkanes of at least 4 members (excludes halogenated alkanes) is 12. The van der Waals surface area contributed by atoms with Crippen molar-refractivity contribution in [2.24, 2.45) is 5.84 Å². The summed E-state index contributed by atoms with van der Waals surface area (Å²) in [5, 5.41) is 0. The molecule has 0 saturated heterocycles. The molecule has 148 valence electrons. The van der Waals surface area contributed by atoms with E-state index in [1.54, 1.807) is 0 Å². The Kier molecular flexibility index (Phi) is 21.5. The smallest absolute Gasteiger partial charge is 0.0960 e. The molecule has 0 bridgehead atoms. The molecule has 0 aliphatic carbocycles. The van der Waals surface area contributed by atoms with E-state index in [2.05, 4.69) is 20.8 Å². The molecule has 2 N–H and O–H groups in total. The van der Waals surface area contributed by atoms with Gasteiger partial charge in [0.15, 0.2) is 0 Å². The van der Waals surface area contributed by atoms with Gasteiger partial charge >= 0.3 is 0 Å². The average molecular weight is 363 g/mol. The molecular weight excluding hydrogens is 316 g/mol. The van der Waals surface area contributed by atoms with Gasteiger partial charge in [-0.15, -0.1) is 0 Å². The predicted octanol–water partition coefficient (Wildman–Crippen LogP) is 3.59. The van der Waals surface area contributed by atoms with E-state index in [-0.39, 0.29) is 12.4 Å². The highest BCUT2D eigenvalue weighted by Gasteiger charge is 2.21. The number of halogens is 1.